The topological polar surface area (TPSA) is 48.4 Å². The molecule has 96 valence electrons. The van der Waals surface area contributed by atoms with Crippen LogP contribution in [0, 0.1) is 5.39 Å². The maximum absolute atomic E-state index is 10.5. The van der Waals surface area contributed by atoms with Crippen LogP contribution in [0.4, 0.5) is 0 Å². The second kappa shape index (κ2) is 5.40. The van der Waals surface area contributed by atoms with Gasteiger partial charge in [-0.1, -0.05) is 54.1 Å². The number of aliphatic hydroxyl groups is 1. The summed E-state index contributed by atoms with van der Waals surface area (Å²) in [7, 11) is 0. The molecule has 0 radical (unpaired) electrons. The van der Waals surface area contributed by atoms with Crippen molar-refractivity contribution in [2.24, 2.45) is 0 Å². The molecule has 3 nitrogen and oxygen atoms in total. The standard InChI is InChI=1S/C15H14ClN2O/c1-15(18-17,12-5-3-2-4-6-12)14(19)11-7-9-13(16)10-8-11/h2-10,14,19H,1H3/q+1/t14-,15?/m1/s1. The van der Waals surface area contributed by atoms with Crippen LogP contribution in [0.3, 0.4) is 0 Å². The van der Waals surface area contributed by atoms with Crippen molar-refractivity contribution >= 4 is 11.6 Å². The second-order valence-electron chi connectivity index (χ2n) is 4.57. The summed E-state index contributed by atoms with van der Waals surface area (Å²) in [6, 6.07) is 16.0. The quantitative estimate of drug-likeness (QED) is 0.854. The Labute approximate surface area is 117 Å². The number of benzene rings is 2. The summed E-state index contributed by atoms with van der Waals surface area (Å²) in [4.78, 5) is 3.41. The van der Waals surface area contributed by atoms with Crippen LogP contribution in [0.15, 0.2) is 54.6 Å². The Morgan fingerprint density at radius 1 is 1.11 bits per heavy atom. The van der Waals surface area contributed by atoms with Crippen molar-refractivity contribution in [2.45, 2.75) is 18.6 Å². The van der Waals surface area contributed by atoms with E-state index < -0.39 is 11.6 Å². The Kier molecular flexibility index (Phi) is 3.84. The molecule has 2 rings (SSSR count). The predicted octanol–water partition coefficient (Wildman–Crippen LogP) is 4.14. The third-order valence-electron chi connectivity index (χ3n) is 3.28. The zero-order valence-corrected chi connectivity index (χ0v) is 11.2. The van der Waals surface area contributed by atoms with Gasteiger partial charge in [0.15, 0.2) is 6.10 Å². The van der Waals surface area contributed by atoms with Gasteiger partial charge in [0, 0.05) is 17.5 Å². The molecule has 0 aromatic heterocycles. The SMILES string of the molecule is CC([N+]#N)(c1ccccc1)[C@H](O)c1ccc(Cl)cc1. The van der Waals surface area contributed by atoms with Crippen molar-refractivity contribution < 1.29 is 5.11 Å². The summed E-state index contributed by atoms with van der Waals surface area (Å²) in [5, 5.41) is 20.4. The lowest BCUT2D eigenvalue weighted by atomic mass is 9.84. The van der Waals surface area contributed by atoms with Crippen LogP contribution in [-0.2, 0) is 5.54 Å². The molecular weight excluding hydrogens is 260 g/mol. The summed E-state index contributed by atoms with van der Waals surface area (Å²) in [5.74, 6) is 0. The highest BCUT2D eigenvalue weighted by Gasteiger charge is 2.49. The summed E-state index contributed by atoms with van der Waals surface area (Å²) >= 11 is 5.83. The van der Waals surface area contributed by atoms with E-state index in [2.05, 4.69) is 4.98 Å². The fourth-order valence-corrected chi connectivity index (χ4v) is 2.14. The van der Waals surface area contributed by atoms with Gasteiger partial charge in [0.2, 0.25) is 5.39 Å². The maximum Gasteiger partial charge on any atom is 0.374 e. The Hall–Kier alpha value is -1.89. The lowest BCUT2D eigenvalue weighted by Gasteiger charge is -2.18. The van der Waals surface area contributed by atoms with E-state index in [1.54, 1.807) is 31.2 Å². The number of halogens is 1. The average Bonchev–Trinajstić information content (AvgIpc) is 2.47. The van der Waals surface area contributed by atoms with Crippen LogP contribution in [0.1, 0.15) is 24.2 Å². The van der Waals surface area contributed by atoms with E-state index in [0.29, 0.717) is 10.6 Å². The van der Waals surface area contributed by atoms with E-state index in [9.17, 15) is 10.5 Å². The van der Waals surface area contributed by atoms with E-state index >= 15 is 0 Å². The van der Waals surface area contributed by atoms with Crippen LogP contribution in [0.2, 0.25) is 5.02 Å². The van der Waals surface area contributed by atoms with Gasteiger partial charge in [0.1, 0.15) is 4.98 Å². The molecule has 4 heteroatoms. The van der Waals surface area contributed by atoms with Crippen molar-refractivity contribution in [2.75, 3.05) is 0 Å². The summed E-state index contributed by atoms with van der Waals surface area (Å²) in [6.45, 7) is 1.68. The molecule has 2 aromatic rings. The molecule has 2 atom stereocenters. The second-order valence-corrected chi connectivity index (χ2v) is 5.00. The molecule has 0 bridgehead atoms. The number of hydrogen-bond acceptors (Lipinski definition) is 2. The van der Waals surface area contributed by atoms with Crippen molar-refractivity contribution in [1.82, 2.24) is 0 Å². The minimum Gasteiger partial charge on any atom is -0.379 e. The van der Waals surface area contributed by atoms with Crippen molar-refractivity contribution in [3.63, 3.8) is 0 Å². The number of diazo groups is 1. The van der Waals surface area contributed by atoms with E-state index in [4.69, 9.17) is 11.6 Å². The molecule has 0 amide bonds. The van der Waals surface area contributed by atoms with E-state index in [-0.39, 0.29) is 0 Å². The highest BCUT2D eigenvalue weighted by molar-refractivity contribution is 6.30. The molecule has 2 aromatic carbocycles. The minimum absolute atomic E-state index is 0.596. The molecule has 0 spiro atoms. The molecule has 0 heterocycles. The van der Waals surface area contributed by atoms with E-state index in [1.807, 2.05) is 30.3 Å². The lowest BCUT2D eigenvalue weighted by molar-refractivity contribution is 0.113. The summed E-state index contributed by atoms with van der Waals surface area (Å²) in [5.41, 5.74) is 0.267. The van der Waals surface area contributed by atoms with E-state index in [1.165, 1.54) is 0 Å². The predicted molar refractivity (Wildman–Crippen MR) is 75.3 cm³/mol. The highest BCUT2D eigenvalue weighted by Crippen LogP contribution is 2.38. The fourth-order valence-electron chi connectivity index (χ4n) is 2.02. The number of nitrogens with zero attached hydrogens (tertiary/aromatic N) is 2. The van der Waals surface area contributed by atoms with Gasteiger partial charge in [-0.2, -0.15) is 0 Å². The smallest absolute Gasteiger partial charge is 0.374 e. The molecule has 0 saturated heterocycles. The monoisotopic (exact) mass is 273 g/mol. The molecule has 1 unspecified atom stereocenters. The number of aliphatic hydroxyl groups excluding tert-OH is 1. The summed E-state index contributed by atoms with van der Waals surface area (Å²) < 4.78 is 0. The van der Waals surface area contributed by atoms with Crippen molar-refractivity contribution in [3.05, 3.63) is 75.7 Å². The zero-order valence-electron chi connectivity index (χ0n) is 10.5. The van der Waals surface area contributed by atoms with E-state index in [0.717, 1.165) is 5.56 Å². The first kappa shape index (κ1) is 13.5. The lowest BCUT2D eigenvalue weighted by Crippen LogP contribution is -2.26. The van der Waals surface area contributed by atoms with Crippen LogP contribution in [-0.4, -0.2) is 5.11 Å². The van der Waals surface area contributed by atoms with Gasteiger partial charge >= 0.3 is 5.54 Å². The molecule has 0 saturated carbocycles. The highest BCUT2D eigenvalue weighted by atomic mass is 35.5. The van der Waals surface area contributed by atoms with Gasteiger partial charge < -0.3 is 5.11 Å². The number of rotatable bonds is 3. The van der Waals surface area contributed by atoms with Crippen LogP contribution >= 0.6 is 11.6 Å². The van der Waals surface area contributed by atoms with Crippen LogP contribution in [0.5, 0.6) is 0 Å². The average molecular weight is 274 g/mol. The molecule has 0 aliphatic carbocycles. The molecule has 1 N–H and O–H groups in total. The van der Waals surface area contributed by atoms with Gasteiger partial charge in [-0.25, -0.2) is 0 Å². The molecule has 19 heavy (non-hydrogen) atoms. The van der Waals surface area contributed by atoms with Gasteiger partial charge in [-0.05, 0) is 17.7 Å². The van der Waals surface area contributed by atoms with Crippen molar-refractivity contribution in [3.8, 4) is 0 Å². The Balaban J connectivity index is 2.42. The first-order chi connectivity index (χ1) is 9.08. The van der Waals surface area contributed by atoms with Crippen LogP contribution in [0.25, 0.3) is 4.98 Å². The first-order valence-corrected chi connectivity index (χ1v) is 6.31. The largest absolute Gasteiger partial charge is 0.379 e. The van der Waals surface area contributed by atoms with Crippen LogP contribution < -0.4 is 0 Å². The minimum atomic E-state index is -1.12. The molecule has 0 fully saturated rings. The molecule has 0 aliphatic heterocycles. The number of hydrogen-bond donors (Lipinski definition) is 1. The Morgan fingerprint density at radius 2 is 1.68 bits per heavy atom. The molecule has 0 aliphatic rings. The Bertz CT molecular complexity index is 592. The normalized spacial score (nSPS) is 15.3. The zero-order chi connectivity index (χ0) is 13.9. The fraction of sp³-hybridized carbons (Fsp3) is 0.200. The van der Waals surface area contributed by atoms with Gasteiger partial charge in [-0.3, -0.25) is 0 Å². The third kappa shape index (κ3) is 2.60. The van der Waals surface area contributed by atoms with Gasteiger partial charge in [0.25, 0.3) is 0 Å². The van der Waals surface area contributed by atoms with Gasteiger partial charge in [-0.15, -0.1) is 0 Å². The first-order valence-electron chi connectivity index (χ1n) is 5.93. The summed E-state index contributed by atoms with van der Waals surface area (Å²) in [6.07, 6.45) is -0.961. The maximum atomic E-state index is 10.5. The Morgan fingerprint density at radius 3 is 2.21 bits per heavy atom. The molecular formula is C15H14ClN2O+. The third-order valence-corrected chi connectivity index (χ3v) is 3.54. The van der Waals surface area contributed by atoms with Crippen molar-refractivity contribution in [1.29, 1.82) is 5.39 Å². The van der Waals surface area contributed by atoms with Gasteiger partial charge in [0.05, 0.1) is 0 Å².